The van der Waals surface area contributed by atoms with Crippen LogP contribution in [0, 0.1) is 5.41 Å². The van der Waals surface area contributed by atoms with Gasteiger partial charge in [-0.1, -0.05) is 36.8 Å². The van der Waals surface area contributed by atoms with Gasteiger partial charge < -0.3 is 9.80 Å². The van der Waals surface area contributed by atoms with E-state index in [1.165, 1.54) is 24.8 Å². The zero-order valence-corrected chi connectivity index (χ0v) is 17.1. The summed E-state index contributed by atoms with van der Waals surface area (Å²) in [6.07, 6.45) is 7.17. The Kier molecular flexibility index (Phi) is 5.72. The molecule has 1 unspecified atom stereocenters. The number of nitrogens with zero attached hydrogens (tertiary/aromatic N) is 3. The normalized spacial score (nSPS) is 25.5. The van der Waals surface area contributed by atoms with Crippen LogP contribution in [0.3, 0.4) is 0 Å². The number of benzene rings is 1. The fourth-order valence-corrected chi connectivity index (χ4v) is 5.32. The first-order valence-electron chi connectivity index (χ1n) is 10.9. The van der Waals surface area contributed by atoms with Gasteiger partial charge in [-0.15, -0.1) is 0 Å². The second kappa shape index (κ2) is 8.24. The van der Waals surface area contributed by atoms with E-state index >= 15 is 0 Å². The first-order chi connectivity index (χ1) is 13.6. The van der Waals surface area contributed by atoms with E-state index in [1.54, 1.807) is 0 Å². The van der Waals surface area contributed by atoms with Crippen molar-refractivity contribution in [1.82, 2.24) is 14.7 Å². The van der Waals surface area contributed by atoms with Crippen molar-refractivity contribution in [2.24, 2.45) is 5.41 Å². The van der Waals surface area contributed by atoms with Crippen molar-refractivity contribution in [3.8, 4) is 0 Å². The Labute approximate surface area is 168 Å². The van der Waals surface area contributed by atoms with Gasteiger partial charge in [0.05, 0.1) is 12.0 Å². The van der Waals surface area contributed by atoms with Gasteiger partial charge in [0.2, 0.25) is 11.8 Å². The average Bonchev–Trinajstić information content (AvgIpc) is 2.95. The Bertz CT molecular complexity index is 691. The topological polar surface area (TPSA) is 43.9 Å². The minimum atomic E-state index is -0.254. The number of likely N-dealkylation sites (tertiary alicyclic amines) is 3. The molecule has 3 saturated heterocycles. The number of rotatable bonds is 4. The van der Waals surface area contributed by atoms with Gasteiger partial charge in [0.15, 0.2) is 0 Å². The van der Waals surface area contributed by atoms with Crippen molar-refractivity contribution in [3.63, 3.8) is 0 Å². The predicted octanol–water partition coefficient (Wildman–Crippen LogP) is 2.55. The molecule has 0 radical (unpaired) electrons. The minimum absolute atomic E-state index is 0.247. The van der Waals surface area contributed by atoms with Crippen LogP contribution in [0.2, 0.25) is 0 Å². The molecule has 3 aliphatic rings. The van der Waals surface area contributed by atoms with E-state index in [1.807, 2.05) is 22.9 Å². The third-order valence-electron chi connectivity index (χ3n) is 7.14. The molecule has 3 fully saturated rings. The summed E-state index contributed by atoms with van der Waals surface area (Å²) >= 11 is 0. The van der Waals surface area contributed by atoms with Crippen molar-refractivity contribution in [2.75, 3.05) is 39.8 Å². The maximum atomic E-state index is 13.1. The van der Waals surface area contributed by atoms with Crippen LogP contribution in [-0.2, 0) is 16.0 Å². The maximum absolute atomic E-state index is 13.1. The van der Waals surface area contributed by atoms with Crippen LogP contribution in [0.4, 0.5) is 0 Å². The molecule has 152 valence electrons. The number of hydrogen-bond donors (Lipinski definition) is 0. The Morgan fingerprint density at radius 2 is 1.71 bits per heavy atom. The molecule has 0 saturated carbocycles. The first kappa shape index (κ1) is 19.4. The van der Waals surface area contributed by atoms with Crippen LogP contribution in [0.15, 0.2) is 30.3 Å². The van der Waals surface area contributed by atoms with E-state index in [9.17, 15) is 9.59 Å². The van der Waals surface area contributed by atoms with Crippen molar-refractivity contribution in [3.05, 3.63) is 35.9 Å². The highest BCUT2D eigenvalue weighted by Crippen LogP contribution is 2.44. The highest BCUT2D eigenvalue weighted by molar-refractivity contribution is 5.86. The van der Waals surface area contributed by atoms with Crippen molar-refractivity contribution in [1.29, 1.82) is 0 Å². The fraction of sp³-hybridized carbons (Fsp3) is 0.652. The number of amides is 2. The lowest BCUT2D eigenvalue weighted by molar-refractivity contribution is -0.142. The zero-order chi connectivity index (χ0) is 19.6. The summed E-state index contributed by atoms with van der Waals surface area (Å²) in [4.78, 5) is 32.1. The molecule has 4 rings (SSSR count). The number of carbonyl (C=O) groups is 2. The lowest BCUT2D eigenvalue weighted by atomic mass is 9.75. The summed E-state index contributed by atoms with van der Waals surface area (Å²) in [6.45, 7) is 4.11. The van der Waals surface area contributed by atoms with E-state index in [0.29, 0.717) is 6.54 Å². The minimum Gasteiger partial charge on any atom is -0.342 e. The summed E-state index contributed by atoms with van der Waals surface area (Å²) in [6, 6.07) is 10.7. The zero-order valence-electron chi connectivity index (χ0n) is 17.1. The van der Waals surface area contributed by atoms with Crippen LogP contribution >= 0.6 is 0 Å². The summed E-state index contributed by atoms with van der Waals surface area (Å²) in [5.41, 5.74) is 1.04. The number of piperidine rings is 2. The molecule has 3 aliphatic heterocycles. The monoisotopic (exact) mass is 383 g/mol. The van der Waals surface area contributed by atoms with Gasteiger partial charge in [-0.25, -0.2) is 0 Å². The SMILES string of the molecule is CN1C(=O)C2(CCN(C(=O)CN3CCCCC3)CC2)CC1Cc1ccccc1. The summed E-state index contributed by atoms with van der Waals surface area (Å²) in [5.74, 6) is 0.535. The second-order valence-electron chi connectivity index (χ2n) is 8.96. The number of carbonyl (C=O) groups excluding carboxylic acids is 2. The molecular formula is C23H33N3O2. The van der Waals surface area contributed by atoms with Gasteiger partial charge in [0, 0.05) is 26.2 Å². The Hall–Kier alpha value is -1.88. The Balaban J connectivity index is 1.33. The molecule has 0 bridgehead atoms. The van der Waals surface area contributed by atoms with E-state index in [2.05, 4.69) is 29.2 Å². The highest BCUT2D eigenvalue weighted by Gasteiger charge is 2.51. The third kappa shape index (κ3) is 3.95. The quantitative estimate of drug-likeness (QED) is 0.803. The molecule has 28 heavy (non-hydrogen) atoms. The van der Waals surface area contributed by atoms with Crippen molar-refractivity contribution in [2.45, 2.75) is 51.0 Å². The van der Waals surface area contributed by atoms with Crippen LogP contribution < -0.4 is 0 Å². The molecule has 0 N–H and O–H groups in total. The summed E-state index contributed by atoms with van der Waals surface area (Å²) in [7, 11) is 1.96. The van der Waals surface area contributed by atoms with Gasteiger partial charge in [-0.3, -0.25) is 14.5 Å². The highest BCUT2D eigenvalue weighted by atomic mass is 16.2. The lowest BCUT2D eigenvalue weighted by Gasteiger charge is -2.38. The van der Waals surface area contributed by atoms with Gasteiger partial charge in [0.25, 0.3) is 0 Å². The molecule has 0 aliphatic carbocycles. The molecule has 1 aromatic rings. The predicted molar refractivity (Wildman–Crippen MR) is 110 cm³/mol. The molecule has 1 aromatic carbocycles. The van der Waals surface area contributed by atoms with E-state index in [-0.39, 0.29) is 23.3 Å². The van der Waals surface area contributed by atoms with Crippen LogP contribution in [0.1, 0.15) is 44.1 Å². The van der Waals surface area contributed by atoms with Crippen molar-refractivity contribution >= 4 is 11.8 Å². The van der Waals surface area contributed by atoms with E-state index in [4.69, 9.17) is 0 Å². The van der Waals surface area contributed by atoms with Crippen LogP contribution in [-0.4, -0.2) is 72.3 Å². The average molecular weight is 384 g/mol. The molecule has 5 heteroatoms. The smallest absolute Gasteiger partial charge is 0.236 e. The van der Waals surface area contributed by atoms with Gasteiger partial charge in [0.1, 0.15) is 0 Å². The van der Waals surface area contributed by atoms with Crippen molar-refractivity contribution < 1.29 is 9.59 Å². The van der Waals surface area contributed by atoms with Gasteiger partial charge in [-0.05, 0) is 57.2 Å². The summed E-state index contributed by atoms with van der Waals surface area (Å²) in [5, 5.41) is 0. The molecule has 5 nitrogen and oxygen atoms in total. The number of hydrogen-bond acceptors (Lipinski definition) is 3. The maximum Gasteiger partial charge on any atom is 0.236 e. The van der Waals surface area contributed by atoms with Gasteiger partial charge in [-0.2, -0.15) is 0 Å². The van der Waals surface area contributed by atoms with Gasteiger partial charge >= 0.3 is 0 Å². The van der Waals surface area contributed by atoms with E-state index < -0.39 is 0 Å². The van der Waals surface area contributed by atoms with Crippen LogP contribution in [0.5, 0.6) is 0 Å². The fourth-order valence-electron chi connectivity index (χ4n) is 5.32. The second-order valence-corrected chi connectivity index (χ2v) is 8.96. The third-order valence-corrected chi connectivity index (χ3v) is 7.14. The van der Waals surface area contributed by atoms with Crippen LogP contribution in [0.25, 0.3) is 0 Å². The lowest BCUT2D eigenvalue weighted by Crippen LogP contribution is -2.49. The summed E-state index contributed by atoms with van der Waals surface area (Å²) < 4.78 is 0. The molecule has 1 atom stereocenters. The molecular weight excluding hydrogens is 350 g/mol. The molecule has 1 spiro atoms. The standard InChI is InChI=1S/C23H33N3O2/c1-24-20(16-19-8-4-2-5-9-19)17-23(22(24)28)10-14-26(15-11-23)21(27)18-25-12-6-3-7-13-25/h2,4-5,8-9,20H,3,6-7,10-18H2,1H3. The Morgan fingerprint density at radius 3 is 2.39 bits per heavy atom. The molecule has 3 heterocycles. The molecule has 0 aromatic heterocycles. The first-order valence-corrected chi connectivity index (χ1v) is 10.9. The molecule has 2 amide bonds. The number of likely N-dealkylation sites (N-methyl/N-ethyl adjacent to an activating group) is 1. The Morgan fingerprint density at radius 1 is 1.04 bits per heavy atom. The van der Waals surface area contributed by atoms with E-state index in [0.717, 1.165) is 51.9 Å². The largest absolute Gasteiger partial charge is 0.342 e.